The van der Waals surface area contributed by atoms with E-state index in [-0.39, 0.29) is 27.9 Å². The lowest BCUT2D eigenvalue weighted by Gasteiger charge is -2.22. The van der Waals surface area contributed by atoms with Gasteiger partial charge in [-0.2, -0.15) is 8.78 Å². The van der Waals surface area contributed by atoms with Gasteiger partial charge in [-0.05, 0) is 36.8 Å². The molecule has 1 fully saturated rings. The number of anilines is 1. The van der Waals surface area contributed by atoms with E-state index in [0.29, 0.717) is 4.90 Å². The van der Waals surface area contributed by atoms with E-state index in [1.54, 1.807) is 0 Å². The summed E-state index contributed by atoms with van der Waals surface area (Å²) in [5, 5.41) is 4.80. The predicted molar refractivity (Wildman–Crippen MR) is 108 cm³/mol. The normalized spacial score (nSPS) is 18.5. The Morgan fingerprint density at radius 1 is 1.15 bits per heavy atom. The third kappa shape index (κ3) is 5.72. The van der Waals surface area contributed by atoms with Crippen molar-refractivity contribution in [1.82, 2.24) is 10.2 Å². The number of carbonyl (C=O) groups excluding carboxylic acids is 3. The average molecular weight is 489 g/mol. The van der Waals surface area contributed by atoms with Gasteiger partial charge in [0, 0.05) is 4.90 Å². The molecular formula is C20H16F5N3O4S. The fourth-order valence-corrected chi connectivity index (χ4v) is 3.72. The van der Waals surface area contributed by atoms with Gasteiger partial charge in [0.15, 0.2) is 0 Å². The van der Waals surface area contributed by atoms with Gasteiger partial charge in [0.05, 0.1) is 5.69 Å². The molecule has 176 valence electrons. The number of rotatable bonds is 7. The number of urea groups is 1. The lowest BCUT2D eigenvalue weighted by atomic mass is 9.92. The summed E-state index contributed by atoms with van der Waals surface area (Å²) in [6.07, 6.45) is -4.89. The minimum atomic E-state index is -4.89. The molecule has 2 aromatic rings. The van der Waals surface area contributed by atoms with Gasteiger partial charge in [-0.1, -0.05) is 36.0 Å². The number of benzene rings is 2. The van der Waals surface area contributed by atoms with Crippen molar-refractivity contribution < 1.29 is 41.1 Å². The molecule has 2 N–H and O–H groups in total. The van der Waals surface area contributed by atoms with Gasteiger partial charge < -0.3 is 15.4 Å². The Bertz CT molecular complexity index is 1060. The molecule has 0 saturated carbocycles. The molecule has 0 spiro atoms. The smallest absolute Gasteiger partial charge is 0.406 e. The Kier molecular flexibility index (Phi) is 6.81. The highest BCUT2D eigenvalue weighted by Crippen LogP contribution is 2.33. The van der Waals surface area contributed by atoms with Crippen LogP contribution in [-0.4, -0.2) is 41.4 Å². The van der Waals surface area contributed by atoms with Crippen LogP contribution in [-0.2, 0) is 15.1 Å². The van der Waals surface area contributed by atoms with E-state index in [4.69, 9.17) is 0 Å². The fraction of sp³-hybridized carbons (Fsp3) is 0.250. The minimum Gasteiger partial charge on any atom is -0.406 e. The molecule has 0 aromatic heterocycles. The summed E-state index contributed by atoms with van der Waals surface area (Å²) in [4.78, 5) is 38.4. The first-order chi connectivity index (χ1) is 15.4. The van der Waals surface area contributed by atoms with E-state index < -0.39 is 47.8 Å². The molecule has 13 heteroatoms. The van der Waals surface area contributed by atoms with Gasteiger partial charge in [0.1, 0.15) is 17.8 Å². The zero-order chi connectivity index (χ0) is 24.4. The molecule has 0 radical (unpaired) electrons. The predicted octanol–water partition coefficient (Wildman–Crippen LogP) is 4.31. The minimum absolute atomic E-state index is 0.0860. The highest BCUT2D eigenvalue weighted by atomic mass is 32.2. The summed E-state index contributed by atoms with van der Waals surface area (Å²) >= 11 is 0.224. The van der Waals surface area contributed by atoms with Crippen LogP contribution in [0.1, 0.15) is 12.5 Å². The number of amides is 4. The van der Waals surface area contributed by atoms with Crippen LogP contribution in [0.4, 0.5) is 32.4 Å². The van der Waals surface area contributed by atoms with E-state index in [9.17, 15) is 36.3 Å². The maximum Gasteiger partial charge on any atom is 0.573 e. The number of alkyl halides is 5. The third-order valence-electron chi connectivity index (χ3n) is 4.62. The van der Waals surface area contributed by atoms with Crippen LogP contribution in [0.3, 0.4) is 0 Å². The van der Waals surface area contributed by atoms with Crippen LogP contribution < -0.4 is 15.4 Å². The first-order valence-electron chi connectivity index (χ1n) is 9.23. The monoisotopic (exact) mass is 489 g/mol. The summed E-state index contributed by atoms with van der Waals surface area (Å²) in [7, 11) is 0. The summed E-state index contributed by atoms with van der Waals surface area (Å²) in [6.45, 7) is 0.628. The Hall–Kier alpha value is -3.35. The van der Waals surface area contributed by atoms with Crippen LogP contribution in [0, 0.1) is 0 Å². The Morgan fingerprint density at radius 2 is 1.79 bits per heavy atom. The van der Waals surface area contributed by atoms with E-state index in [2.05, 4.69) is 15.4 Å². The second-order valence-electron chi connectivity index (χ2n) is 6.94. The van der Waals surface area contributed by atoms with Gasteiger partial charge in [0.2, 0.25) is 5.91 Å². The van der Waals surface area contributed by atoms with Gasteiger partial charge in [-0.3, -0.25) is 14.5 Å². The molecule has 4 amide bonds. The molecule has 3 rings (SSSR count). The number of hydrogen-bond acceptors (Lipinski definition) is 5. The molecule has 1 aliphatic heterocycles. The van der Waals surface area contributed by atoms with Crippen molar-refractivity contribution in [3.63, 3.8) is 0 Å². The molecule has 1 heterocycles. The van der Waals surface area contributed by atoms with Gasteiger partial charge in [-0.25, -0.2) is 4.79 Å². The lowest BCUT2D eigenvalue weighted by molar-refractivity contribution is -0.274. The van der Waals surface area contributed by atoms with E-state index >= 15 is 0 Å². The Labute approximate surface area is 188 Å². The van der Waals surface area contributed by atoms with Crippen molar-refractivity contribution in [2.24, 2.45) is 0 Å². The maximum absolute atomic E-state index is 12.9. The van der Waals surface area contributed by atoms with Crippen molar-refractivity contribution in [3.05, 3.63) is 54.1 Å². The summed E-state index contributed by atoms with van der Waals surface area (Å²) < 4.78 is 66.2. The van der Waals surface area contributed by atoms with Crippen LogP contribution in [0.2, 0.25) is 0 Å². The largest absolute Gasteiger partial charge is 0.573 e. The van der Waals surface area contributed by atoms with E-state index in [1.165, 1.54) is 43.3 Å². The first kappa shape index (κ1) is 24.3. The topological polar surface area (TPSA) is 87.7 Å². The second-order valence-corrected chi connectivity index (χ2v) is 7.97. The second kappa shape index (κ2) is 9.25. The maximum atomic E-state index is 12.9. The number of ether oxygens (including phenoxy) is 1. The quantitative estimate of drug-likeness (QED) is 0.344. The number of thioether (sulfide) groups is 1. The number of imide groups is 1. The molecular weight excluding hydrogens is 473 g/mol. The SMILES string of the molecule is CC1(c2ccc(OC(F)(F)F)cc2)NC(=O)N(CC(=O)Nc2ccccc2SC(F)F)C1=O. The van der Waals surface area contributed by atoms with E-state index in [0.717, 1.165) is 12.1 Å². The number of carbonyl (C=O) groups is 3. The highest BCUT2D eigenvalue weighted by molar-refractivity contribution is 7.99. The Morgan fingerprint density at radius 3 is 2.39 bits per heavy atom. The highest BCUT2D eigenvalue weighted by Gasteiger charge is 2.49. The number of para-hydroxylation sites is 1. The lowest BCUT2D eigenvalue weighted by Crippen LogP contribution is -2.42. The first-order valence-corrected chi connectivity index (χ1v) is 10.1. The zero-order valence-electron chi connectivity index (χ0n) is 16.8. The van der Waals surface area contributed by atoms with E-state index in [1.807, 2.05) is 0 Å². The zero-order valence-corrected chi connectivity index (χ0v) is 17.6. The van der Waals surface area contributed by atoms with Crippen LogP contribution >= 0.6 is 11.8 Å². The molecule has 1 atom stereocenters. The summed E-state index contributed by atoms with van der Waals surface area (Å²) in [6, 6.07) is 9.23. The molecule has 33 heavy (non-hydrogen) atoms. The summed E-state index contributed by atoms with van der Waals surface area (Å²) in [5.74, 6) is -4.85. The number of hydrogen-bond donors (Lipinski definition) is 2. The number of nitrogens with one attached hydrogen (secondary N) is 2. The molecule has 1 aliphatic rings. The van der Waals surface area contributed by atoms with Gasteiger partial charge in [-0.15, -0.1) is 13.2 Å². The standard InChI is InChI=1S/C20H16F5N3O4S/c1-19(11-6-8-12(9-7-11)32-20(23,24)25)16(30)28(18(31)27-19)10-15(29)26-13-4-2-3-5-14(13)33-17(21)22/h2-9,17H,10H2,1H3,(H,26,29)(H,27,31). The molecule has 0 bridgehead atoms. The molecule has 2 aromatic carbocycles. The molecule has 0 aliphatic carbocycles. The van der Waals surface area contributed by atoms with Crippen LogP contribution in [0.15, 0.2) is 53.4 Å². The number of halogens is 5. The molecule has 1 saturated heterocycles. The van der Waals surface area contributed by atoms with Crippen molar-refractivity contribution in [2.75, 3.05) is 11.9 Å². The number of nitrogens with zero attached hydrogens (tertiary/aromatic N) is 1. The van der Waals surface area contributed by atoms with Crippen molar-refractivity contribution in [3.8, 4) is 5.75 Å². The molecule has 7 nitrogen and oxygen atoms in total. The third-order valence-corrected chi connectivity index (χ3v) is 5.41. The van der Waals surface area contributed by atoms with Crippen molar-refractivity contribution in [1.29, 1.82) is 0 Å². The summed E-state index contributed by atoms with van der Waals surface area (Å²) in [5.41, 5.74) is -1.39. The van der Waals surface area contributed by atoms with Gasteiger partial charge >= 0.3 is 12.4 Å². The molecule has 1 unspecified atom stereocenters. The Balaban J connectivity index is 1.72. The van der Waals surface area contributed by atoms with Crippen molar-refractivity contribution >= 4 is 35.3 Å². The van der Waals surface area contributed by atoms with Crippen LogP contribution in [0.25, 0.3) is 0 Å². The fourth-order valence-electron chi connectivity index (χ4n) is 3.13. The van der Waals surface area contributed by atoms with Crippen molar-refractivity contribution in [2.45, 2.75) is 29.5 Å². The van der Waals surface area contributed by atoms with Crippen LogP contribution in [0.5, 0.6) is 5.75 Å². The van der Waals surface area contributed by atoms with Gasteiger partial charge in [0.25, 0.3) is 11.7 Å². The average Bonchev–Trinajstić information content (AvgIpc) is 2.92.